The van der Waals surface area contributed by atoms with Crippen molar-refractivity contribution in [1.82, 2.24) is 14.7 Å². The molecule has 0 unspecified atom stereocenters. The van der Waals surface area contributed by atoms with E-state index in [-0.39, 0.29) is 38.9 Å². The van der Waals surface area contributed by atoms with E-state index in [4.69, 9.17) is 28.4 Å². The average Bonchev–Trinajstić information content (AvgIpc) is 4.12. The summed E-state index contributed by atoms with van der Waals surface area (Å²) in [7, 11) is 1.49. The highest BCUT2D eigenvalue weighted by molar-refractivity contribution is 6.23. The van der Waals surface area contributed by atoms with Crippen molar-refractivity contribution in [2.24, 2.45) is 5.92 Å². The zero-order valence-corrected chi connectivity index (χ0v) is 41.2. The third kappa shape index (κ3) is 8.95. The minimum absolute atomic E-state index is 0.0504. The first-order chi connectivity index (χ1) is 36.3. The maximum Gasteiger partial charge on any atom is 0.421 e. The Morgan fingerprint density at radius 1 is 0.770 bits per heavy atom. The van der Waals surface area contributed by atoms with Gasteiger partial charge in [-0.25, -0.2) is 9.69 Å². The van der Waals surface area contributed by atoms with Gasteiger partial charge in [0.25, 0.3) is 0 Å². The predicted molar refractivity (Wildman–Crippen MR) is 272 cm³/mol. The van der Waals surface area contributed by atoms with E-state index in [1.165, 1.54) is 7.11 Å². The van der Waals surface area contributed by atoms with E-state index in [9.17, 15) is 9.90 Å². The smallest absolute Gasteiger partial charge is 0.421 e. The van der Waals surface area contributed by atoms with Gasteiger partial charge in [-0.15, -0.1) is 0 Å². The Hall–Kier alpha value is -7.48. The third-order valence-electron chi connectivity index (χ3n) is 15.2. The van der Waals surface area contributed by atoms with Crippen LogP contribution in [0.1, 0.15) is 77.3 Å². The zero-order chi connectivity index (χ0) is 50.8. The quantitative estimate of drug-likeness (QED) is 0.0749. The van der Waals surface area contributed by atoms with Gasteiger partial charge in [0.1, 0.15) is 36.5 Å². The summed E-state index contributed by atoms with van der Waals surface area (Å²) in [5.41, 5.74) is 3.33. The first-order valence-electron chi connectivity index (χ1n) is 25.5. The van der Waals surface area contributed by atoms with Crippen molar-refractivity contribution in [3.05, 3.63) is 166 Å². The van der Waals surface area contributed by atoms with Gasteiger partial charge in [-0.1, -0.05) is 96.8 Å². The first-order valence-corrected chi connectivity index (χ1v) is 25.5. The van der Waals surface area contributed by atoms with Crippen molar-refractivity contribution in [1.29, 1.82) is 0 Å². The molecule has 11 rings (SSSR count). The van der Waals surface area contributed by atoms with Gasteiger partial charge in [-0.3, -0.25) is 24.2 Å². The second-order valence-corrected chi connectivity index (χ2v) is 19.4. The number of cyclic esters (lactones) is 1. The van der Waals surface area contributed by atoms with Crippen LogP contribution in [-0.2, 0) is 40.6 Å². The van der Waals surface area contributed by atoms with Crippen molar-refractivity contribution in [2.45, 2.75) is 61.9 Å². The normalized spacial score (nSPS) is 24.1. The average molecular weight is 999 g/mol. The standard InChI is InChI=1S/C59H58N4O11/c1-69-33-34-71-58(68)62-47-25-19-40(18-17-39-11-5-2-6-12-39)35-46(47)59(57(62)67)50(55(65)61-29-27-60(28-30-61)37-41-20-26-48-49(36-41)73-38-72-48)52-56(66)74-53(43-15-9-4-10-16-43)51(42-13-7-3-8-14-42)63(52)54(59)44-21-23-45(24-22-44)70-32-31-64/h3-4,7-11,13-16,19-26,35-36,50-54,64H,2,5-6,12,27-34,37-38H2,1H3/t50-,51-,52-,53+,54+,59-/m0/s1. The number of morpholine rings is 1. The fraction of sp³-hybridized carbons (Fsp3) is 0.356. The highest BCUT2D eigenvalue weighted by Crippen LogP contribution is 2.66. The van der Waals surface area contributed by atoms with E-state index in [0.717, 1.165) is 52.8 Å². The van der Waals surface area contributed by atoms with Crippen LogP contribution in [0.25, 0.3) is 0 Å². The minimum Gasteiger partial charge on any atom is -0.491 e. The van der Waals surface area contributed by atoms with Gasteiger partial charge in [-0.05, 0) is 102 Å². The molecule has 1 N–H and O–H groups in total. The van der Waals surface area contributed by atoms with Crippen LogP contribution in [0.3, 0.4) is 0 Å². The Morgan fingerprint density at radius 3 is 2.26 bits per heavy atom. The van der Waals surface area contributed by atoms with Crippen molar-refractivity contribution in [3.63, 3.8) is 0 Å². The van der Waals surface area contributed by atoms with E-state index >= 15 is 14.4 Å². The van der Waals surface area contributed by atoms with E-state index in [0.29, 0.717) is 66.7 Å². The molecule has 0 bridgehead atoms. The van der Waals surface area contributed by atoms with E-state index in [1.807, 2.05) is 102 Å². The Balaban J connectivity index is 1.11. The van der Waals surface area contributed by atoms with Crippen LogP contribution < -0.4 is 19.1 Å². The van der Waals surface area contributed by atoms with Crippen LogP contribution in [0.5, 0.6) is 17.2 Å². The van der Waals surface area contributed by atoms with Gasteiger partial charge < -0.3 is 38.4 Å². The molecule has 15 nitrogen and oxygen atoms in total. The molecular weight excluding hydrogens is 941 g/mol. The number of nitrogens with zero attached hydrogens (tertiary/aromatic N) is 4. The van der Waals surface area contributed by atoms with Crippen LogP contribution in [0.2, 0.25) is 0 Å². The number of methoxy groups -OCH3 is 1. The Labute approximate surface area is 430 Å². The number of aliphatic hydroxyl groups excluding tert-OH is 1. The molecule has 5 aromatic rings. The Bertz CT molecular complexity index is 3000. The fourth-order valence-electron chi connectivity index (χ4n) is 11.9. The SMILES string of the molecule is COCCOC(=O)N1C(=O)[C@@]2(c3cc(C#CC4=CCCCC4)ccc31)[C@H](C(=O)N1CCN(Cc3ccc4c(c3)OCO4)CC1)[C@H]1C(=O)O[C@H](c3ccccc3)[C@H](c3ccccc3)N1[C@@H]2c1ccc(OCCO)cc1. The second-order valence-electron chi connectivity index (χ2n) is 19.4. The number of ether oxygens (including phenoxy) is 6. The van der Waals surface area contributed by atoms with Crippen molar-refractivity contribution >= 4 is 29.6 Å². The van der Waals surface area contributed by atoms with Gasteiger partial charge in [0.15, 0.2) is 11.5 Å². The molecular formula is C59H58N4O11. The maximum atomic E-state index is 16.7. The number of hydrogen-bond acceptors (Lipinski definition) is 13. The lowest BCUT2D eigenvalue weighted by molar-refractivity contribution is -0.179. The molecule has 6 atom stereocenters. The zero-order valence-electron chi connectivity index (χ0n) is 41.2. The minimum atomic E-state index is -1.98. The number of rotatable bonds is 12. The highest BCUT2D eigenvalue weighted by atomic mass is 16.7. The largest absolute Gasteiger partial charge is 0.491 e. The molecule has 5 aromatic carbocycles. The summed E-state index contributed by atoms with van der Waals surface area (Å²) in [6, 6.07) is 34.4. The van der Waals surface area contributed by atoms with Crippen LogP contribution in [0, 0.1) is 17.8 Å². The number of amides is 3. The molecule has 6 aliphatic rings. The number of piperazine rings is 1. The van der Waals surface area contributed by atoms with Crippen LogP contribution >= 0.6 is 0 Å². The number of fused-ring (bicyclic) bond motifs is 4. The molecule has 1 aliphatic carbocycles. The van der Waals surface area contributed by atoms with Gasteiger partial charge in [0.05, 0.1) is 36.9 Å². The second kappa shape index (κ2) is 21.2. The Kier molecular flexibility index (Phi) is 13.9. The van der Waals surface area contributed by atoms with Gasteiger partial charge >= 0.3 is 12.1 Å². The Morgan fingerprint density at radius 2 is 1.53 bits per heavy atom. The van der Waals surface area contributed by atoms with E-state index in [2.05, 4.69) is 22.8 Å². The molecule has 5 aliphatic heterocycles. The number of carbonyl (C=O) groups is 4. The lowest BCUT2D eigenvalue weighted by atomic mass is 9.64. The van der Waals surface area contributed by atoms with Crippen molar-refractivity contribution < 1.29 is 52.7 Å². The summed E-state index contributed by atoms with van der Waals surface area (Å²) < 4.78 is 34.8. The lowest BCUT2D eigenvalue weighted by Crippen LogP contribution is -2.59. The van der Waals surface area contributed by atoms with Crippen molar-refractivity contribution in [2.75, 3.05) is 71.4 Å². The van der Waals surface area contributed by atoms with Gasteiger partial charge in [0, 0.05) is 45.4 Å². The molecule has 3 amide bonds. The van der Waals surface area contributed by atoms with Crippen LogP contribution in [0.15, 0.2) is 133 Å². The van der Waals surface area contributed by atoms with Gasteiger partial charge in [-0.2, -0.15) is 0 Å². The van der Waals surface area contributed by atoms with E-state index in [1.54, 1.807) is 29.2 Å². The summed E-state index contributed by atoms with van der Waals surface area (Å²) in [6.45, 7) is 2.13. The topological polar surface area (TPSA) is 157 Å². The summed E-state index contributed by atoms with van der Waals surface area (Å²) in [5, 5.41) is 9.68. The number of benzene rings is 5. The third-order valence-corrected chi connectivity index (χ3v) is 15.2. The van der Waals surface area contributed by atoms with E-state index < -0.39 is 59.4 Å². The molecule has 1 spiro atoms. The number of imide groups is 1. The van der Waals surface area contributed by atoms with Crippen LogP contribution in [0.4, 0.5) is 10.5 Å². The fourth-order valence-corrected chi connectivity index (χ4v) is 11.9. The molecule has 74 heavy (non-hydrogen) atoms. The number of allylic oxidation sites excluding steroid dienone is 2. The summed E-state index contributed by atoms with van der Waals surface area (Å²) >= 11 is 0. The number of hydrogen-bond donors (Lipinski definition) is 1. The summed E-state index contributed by atoms with van der Waals surface area (Å²) in [6.07, 6.45) is 4.24. The molecule has 380 valence electrons. The first kappa shape index (κ1) is 48.8. The molecule has 0 aromatic heterocycles. The monoisotopic (exact) mass is 998 g/mol. The number of esters is 1. The molecule has 15 heteroatoms. The number of carbonyl (C=O) groups excluding carboxylic acids is 4. The van der Waals surface area contributed by atoms with Crippen LogP contribution in [-0.4, -0.2) is 116 Å². The summed E-state index contributed by atoms with van der Waals surface area (Å²) in [5.74, 6) is 5.35. The number of anilines is 1. The molecule has 5 heterocycles. The van der Waals surface area contributed by atoms with Crippen molar-refractivity contribution in [3.8, 4) is 29.1 Å². The molecule has 3 fully saturated rings. The number of aliphatic hydroxyl groups is 1. The molecule has 0 saturated carbocycles. The predicted octanol–water partition coefficient (Wildman–Crippen LogP) is 7.43. The molecule has 0 radical (unpaired) electrons. The van der Waals surface area contributed by atoms with Gasteiger partial charge in [0.2, 0.25) is 18.6 Å². The lowest BCUT2D eigenvalue weighted by Gasteiger charge is -2.46. The molecule has 3 saturated heterocycles. The maximum absolute atomic E-state index is 16.7. The summed E-state index contributed by atoms with van der Waals surface area (Å²) in [4.78, 5) is 70.5. The highest BCUT2D eigenvalue weighted by Gasteiger charge is 2.76.